The lowest BCUT2D eigenvalue weighted by atomic mass is 10.4. The lowest BCUT2D eigenvalue weighted by Gasteiger charge is -2.26. The minimum absolute atomic E-state index is 0.0447. The summed E-state index contributed by atoms with van der Waals surface area (Å²) in [7, 11) is 0. The van der Waals surface area contributed by atoms with E-state index in [9.17, 15) is 4.79 Å². The number of rotatable bonds is 3. The summed E-state index contributed by atoms with van der Waals surface area (Å²) in [5, 5.41) is 10.3. The number of amides is 1. The third-order valence-corrected chi connectivity index (χ3v) is 1.91. The molecule has 0 radical (unpaired) electrons. The molecule has 1 aliphatic rings. The lowest BCUT2D eigenvalue weighted by molar-refractivity contribution is -0.119. The van der Waals surface area contributed by atoms with Crippen molar-refractivity contribution in [2.75, 3.05) is 46.0 Å². The summed E-state index contributed by atoms with van der Waals surface area (Å²) in [6.45, 7) is 13.0. The topological polar surface area (TPSA) is 61.8 Å². The molecule has 1 rings (SSSR count). The number of hydrogen-bond donors (Lipinski definition) is 2. The number of nitrogens with zero attached hydrogens (tertiary/aromatic N) is 1. The first kappa shape index (κ1) is 19.7. The van der Waals surface area contributed by atoms with Gasteiger partial charge in [0.1, 0.15) is 0 Å². The van der Waals surface area contributed by atoms with E-state index in [1.54, 1.807) is 13.8 Å². The molecular formula is C13H30N2O3. The van der Waals surface area contributed by atoms with Crippen LogP contribution in [0, 0.1) is 0 Å². The lowest BCUT2D eigenvalue weighted by Crippen LogP contribution is -2.40. The minimum atomic E-state index is 0.0447. The van der Waals surface area contributed by atoms with Crippen LogP contribution in [0.3, 0.4) is 0 Å². The Hall–Kier alpha value is -0.650. The van der Waals surface area contributed by atoms with E-state index in [2.05, 4.69) is 24.1 Å². The van der Waals surface area contributed by atoms with E-state index in [1.165, 1.54) is 6.42 Å². The van der Waals surface area contributed by atoms with Gasteiger partial charge < -0.3 is 15.2 Å². The fourth-order valence-corrected chi connectivity index (χ4v) is 1.21. The molecule has 2 N–H and O–H groups in total. The van der Waals surface area contributed by atoms with Crippen LogP contribution in [0.2, 0.25) is 0 Å². The van der Waals surface area contributed by atoms with E-state index in [-0.39, 0.29) is 12.5 Å². The molecule has 110 valence electrons. The van der Waals surface area contributed by atoms with Gasteiger partial charge in [0.15, 0.2) is 0 Å². The largest absolute Gasteiger partial charge is 0.397 e. The summed E-state index contributed by atoms with van der Waals surface area (Å²) in [4.78, 5) is 12.8. The molecule has 1 fully saturated rings. The molecule has 0 aliphatic carbocycles. The van der Waals surface area contributed by atoms with Gasteiger partial charge in [-0.1, -0.05) is 20.3 Å². The molecule has 0 spiro atoms. The van der Waals surface area contributed by atoms with Crippen LogP contribution < -0.4 is 5.32 Å². The molecule has 0 atom stereocenters. The number of ether oxygens (including phenoxy) is 1. The molecule has 0 aromatic carbocycles. The van der Waals surface area contributed by atoms with Crippen LogP contribution in [-0.2, 0) is 9.53 Å². The Morgan fingerprint density at radius 1 is 1.28 bits per heavy atom. The zero-order valence-electron chi connectivity index (χ0n) is 12.4. The maximum Gasteiger partial charge on any atom is 0.216 e. The van der Waals surface area contributed by atoms with Crippen molar-refractivity contribution < 1.29 is 14.6 Å². The van der Waals surface area contributed by atoms with Crippen molar-refractivity contribution in [3.05, 3.63) is 0 Å². The molecule has 0 bridgehead atoms. The Morgan fingerprint density at radius 3 is 2.11 bits per heavy atom. The molecule has 1 aliphatic heterocycles. The second-order valence-electron chi connectivity index (χ2n) is 3.96. The van der Waals surface area contributed by atoms with Crippen LogP contribution in [0.4, 0.5) is 0 Å². The van der Waals surface area contributed by atoms with E-state index in [0.29, 0.717) is 0 Å². The molecule has 0 aromatic rings. The van der Waals surface area contributed by atoms with Gasteiger partial charge in [-0.25, -0.2) is 0 Å². The summed E-state index contributed by atoms with van der Waals surface area (Å²) in [5.74, 6) is 0.0447. The molecular weight excluding hydrogens is 232 g/mol. The van der Waals surface area contributed by atoms with Gasteiger partial charge in [0.2, 0.25) is 5.91 Å². The van der Waals surface area contributed by atoms with Crippen LogP contribution in [0.5, 0.6) is 0 Å². The summed E-state index contributed by atoms with van der Waals surface area (Å²) < 4.78 is 5.20. The Balaban J connectivity index is 0. The highest BCUT2D eigenvalue weighted by Gasteiger charge is 2.08. The predicted molar refractivity (Wildman–Crippen MR) is 74.7 cm³/mol. The number of aliphatic hydroxyl groups excluding tert-OH is 1. The maximum atomic E-state index is 10.5. The fraction of sp³-hybridized carbons (Fsp3) is 0.923. The number of morpholine rings is 1. The van der Waals surface area contributed by atoms with Gasteiger partial charge >= 0.3 is 0 Å². The Bertz CT molecular complexity index is 170. The second-order valence-corrected chi connectivity index (χ2v) is 3.96. The van der Waals surface area contributed by atoms with Crippen molar-refractivity contribution in [3.8, 4) is 0 Å². The Kier molecular flexibility index (Phi) is 17.9. The Labute approximate surface area is 112 Å². The Morgan fingerprint density at radius 2 is 1.72 bits per heavy atom. The average molecular weight is 262 g/mol. The molecule has 0 saturated carbocycles. The summed E-state index contributed by atoms with van der Waals surface area (Å²) in [5.41, 5.74) is 0. The zero-order valence-corrected chi connectivity index (χ0v) is 12.4. The molecule has 0 aromatic heterocycles. The second kappa shape index (κ2) is 16.4. The molecule has 1 amide bonds. The van der Waals surface area contributed by atoms with Gasteiger partial charge in [-0.2, -0.15) is 0 Å². The van der Waals surface area contributed by atoms with Gasteiger partial charge in [0, 0.05) is 39.7 Å². The molecule has 0 unspecified atom stereocenters. The van der Waals surface area contributed by atoms with Gasteiger partial charge in [0.25, 0.3) is 0 Å². The standard InChI is InChI=1S/C8H16N2O2.C3H8.C2H6O/c1-8(11)9-2-3-10-4-6-12-7-5-10;1-3-2;1-2-3/h2-7H2,1H3,(H,9,11);3H2,1-2H3;3H,2H2,1H3. The van der Waals surface area contributed by atoms with Crippen molar-refractivity contribution in [2.45, 2.75) is 34.1 Å². The maximum absolute atomic E-state index is 10.5. The van der Waals surface area contributed by atoms with Gasteiger partial charge in [-0.3, -0.25) is 9.69 Å². The highest BCUT2D eigenvalue weighted by atomic mass is 16.5. The highest BCUT2D eigenvalue weighted by molar-refractivity contribution is 5.72. The summed E-state index contributed by atoms with van der Waals surface area (Å²) in [6, 6.07) is 0. The quantitative estimate of drug-likeness (QED) is 0.792. The van der Waals surface area contributed by atoms with Crippen molar-refractivity contribution in [1.29, 1.82) is 0 Å². The summed E-state index contributed by atoms with van der Waals surface area (Å²) in [6.07, 6.45) is 1.25. The van der Waals surface area contributed by atoms with Crippen LogP contribution in [0.15, 0.2) is 0 Å². The smallest absolute Gasteiger partial charge is 0.216 e. The van der Waals surface area contributed by atoms with Crippen molar-refractivity contribution >= 4 is 5.91 Å². The number of nitrogens with one attached hydrogen (secondary N) is 1. The van der Waals surface area contributed by atoms with Crippen LogP contribution in [0.1, 0.15) is 34.1 Å². The zero-order chi connectivity index (χ0) is 14.2. The molecule has 18 heavy (non-hydrogen) atoms. The average Bonchev–Trinajstić information content (AvgIpc) is 2.32. The van der Waals surface area contributed by atoms with E-state index >= 15 is 0 Å². The fourth-order valence-electron chi connectivity index (χ4n) is 1.21. The van der Waals surface area contributed by atoms with E-state index in [4.69, 9.17) is 9.84 Å². The SMILES string of the molecule is CC(=O)NCCN1CCOCC1.CCC.CCO. The van der Waals surface area contributed by atoms with E-state index < -0.39 is 0 Å². The monoisotopic (exact) mass is 262 g/mol. The number of hydrogen-bond acceptors (Lipinski definition) is 4. The number of carbonyl (C=O) groups excluding carboxylic acids is 1. The van der Waals surface area contributed by atoms with Crippen LogP contribution >= 0.6 is 0 Å². The van der Waals surface area contributed by atoms with Gasteiger partial charge in [-0.05, 0) is 6.92 Å². The first-order valence-corrected chi connectivity index (χ1v) is 6.77. The first-order valence-electron chi connectivity index (χ1n) is 6.77. The number of aliphatic hydroxyl groups is 1. The van der Waals surface area contributed by atoms with E-state index in [0.717, 1.165) is 39.4 Å². The normalized spacial score (nSPS) is 14.7. The highest BCUT2D eigenvalue weighted by Crippen LogP contribution is 1.94. The molecule has 1 saturated heterocycles. The van der Waals surface area contributed by atoms with Gasteiger partial charge in [-0.15, -0.1) is 0 Å². The van der Waals surface area contributed by atoms with Crippen molar-refractivity contribution in [3.63, 3.8) is 0 Å². The molecule has 5 heteroatoms. The van der Waals surface area contributed by atoms with Gasteiger partial charge in [0.05, 0.1) is 13.2 Å². The third kappa shape index (κ3) is 17.7. The van der Waals surface area contributed by atoms with Crippen LogP contribution in [0.25, 0.3) is 0 Å². The predicted octanol–water partition coefficient (Wildman–Crippen LogP) is 0.870. The third-order valence-electron chi connectivity index (χ3n) is 1.91. The van der Waals surface area contributed by atoms with E-state index in [1.807, 2.05) is 0 Å². The molecule has 1 heterocycles. The minimum Gasteiger partial charge on any atom is -0.397 e. The first-order chi connectivity index (χ1) is 8.62. The summed E-state index contributed by atoms with van der Waals surface area (Å²) >= 11 is 0. The molecule has 5 nitrogen and oxygen atoms in total. The van der Waals surface area contributed by atoms with Crippen molar-refractivity contribution in [2.24, 2.45) is 0 Å². The number of carbonyl (C=O) groups is 1. The van der Waals surface area contributed by atoms with Crippen molar-refractivity contribution in [1.82, 2.24) is 10.2 Å². The van der Waals surface area contributed by atoms with Crippen LogP contribution in [-0.4, -0.2) is 61.9 Å².